The molecule has 0 saturated heterocycles. The number of hydrogen-bond acceptors (Lipinski definition) is 8. The summed E-state index contributed by atoms with van der Waals surface area (Å²) in [6.07, 6.45) is 1.58. The van der Waals surface area contributed by atoms with Crippen molar-refractivity contribution in [1.29, 1.82) is 0 Å². The minimum Gasteiger partial charge on any atom is -0.460 e. The van der Waals surface area contributed by atoms with Crippen LogP contribution in [0.2, 0.25) is 0 Å². The van der Waals surface area contributed by atoms with E-state index in [0.29, 0.717) is 23.7 Å². The van der Waals surface area contributed by atoms with Crippen LogP contribution in [0.15, 0.2) is 65.6 Å². The average molecular weight is 700 g/mol. The molecular weight excluding hydrogens is 655 g/mol. The molecule has 0 spiro atoms. The molecule has 9 nitrogen and oxygen atoms in total. The molecule has 49 heavy (non-hydrogen) atoms. The Hall–Kier alpha value is -3.93. The van der Waals surface area contributed by atoms with Gasteiger partial charge in [-0.25, -0.2) is 18.1 Å². The van der Waals surface area contributed by atoms with Gasteiger partial charge in [-0.05, 0) is 93.8 Å². The number of carbonyl (C=O) groups is 1. The standard InChI is InChI=1S/C38H45N5O4S2/c1-8-27-20-29-16-15-24(3)19-33(29)49(45,46)42(21-27)22-31-26(5)48-36(39-31)34(30-17-18-32-35(25(30)4)40-41-43(32)9-2)38(6,7)37(44)47-23-28-13-11-10-12-14-28/h10-19,27,34H,8-9,20-23H2,1-7H3/t27-,34+/m0/s1. The summed E-state index contributed by atoms with van der Waals surface area (Å²) in [5.74, 6) is -0.647. The van der Waals surface area contributed by atoms with E-state index in [1.165, 1.54) is 11.3 Å². The quantitative estimate of drug-likeness (QED) is 0.139. The summed E-state index contributed by atoms with van der Waals surface area (Å²) >= 11 is 1.51. The Bertz CT molecular complexity index is 2100. The molecule has 1 aliphatic heterocycles. The molecular formula is C38H45N5O4S2. The van der Waals surface area contributed by atoms with Crippen LogP contribution in [0.25, 0.3) is 11.0 Å². The molecule has 0 saturated carbocycles. The predicted octanol–water partition coefficient (Wildman–Crippen LogP) is 7.51. The van der Waals surface area contributed by atoms with Gasteiger partial charge in [0.25, 0.3) is 0 Å². The molecule has 258 valence electrons. The van der Waals surface area contributed by atoms with Gasteiger partial charge >= 0.3 is 5.97 Å². The van der Waals surface area contributed by atoms with Crippen molar-refractivity contribution in [3.05, 3.63) is 104 Å². The zero-order chi connectivity index (χ0) is 35.1. The number of aromatic nitrogens is 4. The molecule has 3 aromatic carbocycles. The lowest BCUT2D eigenvalue weighted by molar-refractivity contribution is -0.156. The number of hydrogen-bond donors (Lipinski definition) is 0. The lowest BCUT2D eigenvalue weighted by Gasteiger charge is -2.32. The van der Waals surface area contributed by atoms with Gasteiger partial charge in [-0.2, -0.15) is 4.31 Å². The third kappa shape index (κ3) is 6.68. The van der Waals surface area contributed by atoms with E-state index in [2.05, 4.69) is 17.2 Å². The van der Waals surface area contributed by atoms with Crippen LogP contribution in [0.1, 0.15) is 83.4 Å². The number of nitrogens with zero attached hydrogens (tertiary/aromatic N) is 5. The summed E-state index contributed by atoms with van der Waals surface area (Å²) in [5.41, 5.74) is 5.90. The first kappa shape index (κ1) is 34.9. The second kappa shape index (κ2) is 13.8. The number of ether oxygens (including phenoxy) is 1. The van der Waals surface area contributed by atoms with Crippen molar-refractivity contribution in [2.75, 3.05) is 6.54 Å². The number of thiazole rings is 1. The topological polar surface area (TPSA) is 107 Å². The second-order valence-corrected chi connectivity index (χ2v) is 16.9. The summed E-state index contributed by atoms with van der Waals surface area (Å²) in [6.45, 7) is 15.3. The van der Waals surface area contributed by atoms with Crippen LogP contribution >= 0.6 is 11.3 Å². The molecule has 0 N–H and O–H groups in total. The van der Waals surface area contributed by atoms with Crippen molar-refractivity contribution < 1.29 is 17.9 Å². The average Bonchev–Trinajstić information content (AvgIpc) is 3.65. The fourth-order valence-electron chi connectivity index (χ4n) is 6.87. The highest BCUT2D eigenvalue weighted by molar-refractivity contribution is 7.89. The first-order valence-electron chi connectivity index (χ1n) is 16.9. The van der Waals surface area contributed by atoms with E-state index in [0.717, 1.165) is 61.6 Å². The Morgan fingerprint density at radius 2 is 1.82 bits per heavy atom. The van der Waals surface area contributed by atoms with Crippen LogP contribution in [0.3, 0.4) is 0 Å². The van der Waals surface area contributed by atoms with Gasteiger partial charge in [0.1, 0.15) is 17.1 Å². The van der Waals surface area contributed by atoms with Gasteiger partial charge in [0.2, 0.25) is 10.0 Å². The van der Waals surface area contributed by atoms with Crippen LogP contribution in [-0.4, -0.2) is 45.2 Å². The van der Waals surface area contributed by atoms with E-state index in [9.17, 15) is 13.2 Å². The van der Waals surface area contributed by atoms with Crippen molar-refractivity contribution in [3.8, 4) is 0 Å². The van der Waals surface area contributed by atoms with Gasteiger partial charge in [-0.15, -0.1) is 16.4 Å². The zero-order valence-corrected chi connectivity index (χ0v) is 31.0. The number of esters is 1. The molecule has 2 atom stereocenters. The fourth-order valence-corrected chi connectivity index (χ4v) is 9.90. The largest absolute Gasteiger partial charge is 0.460 e. The molecule has 5 aromatic rings. The smallest absolute Gasteiger partial charge is 0.312 e. The van der Waals surface area contributed by atoms with Crippen molar-refractivity contribution in [2.45, 2.75) is 91.8 Å². The van der Waals surface area contributed by atoms with Crippen LogP contribution in [0.5, 0.6) is 0 Å². The van der Waals surface area contributed by atoms with Crippen LogP contribution < -0.4 is 0 Å². The Labute approximate surface area is 293 Å². The molecule has 0 bridgehead atoms. The van der Waals surface area contributed by atoms with E-state index in [1.807, 2.05) is 101 Å². The third-order valence-corrected chi connectivity index (χ3v) is 12.9. The maximum absolute atomic E-state index is 14.2. The molecule has 0 aliphatic carbocycles. The number of aryl methyl sites for hydroxylation is 4. The van der Waals surface area contributed by atoms with Gasteiger partial charge in [0, 0.05) is 18.0 Å². The molecule has 0 fully saturated rings. The van der Waals surface area contributed by atoms with Crippen LogP contribution in [0, 0.1) is 32.1 Å². The van der Waals surface area contributed by atoms with E-state index in [4.69, 9.17) is 9.72 Å². The SMILES string of the molecule is CC[C@H]1Cc2ccc(C)cc2S(=O)(=O)N(Cc2nc([C@@H](c3ccc4c(nnn4CC)c3C)C(C)(C)C(=O)OCc3ccccc3)sc2C)C1. The first-order chi connectivity index (χ1) is 23.3. The van der Waals surface area contributed by atoms with Crippen molar-refractivity contribution in [2.24, 2.45) is 11.3 Å². The Balaban J connectivity index is 1.41. The predicted molar refractivity (Wildman–Crippen MR) is 193 cm³/mol. The van der Waals surface area contributed by atoms with Crippen molar-refractivity contribution in [3.63, 3.8) is 0 Å². The lowest BCUT2D eigenvalue weighted by Crippen LogP contribution is -2.35. The summed E-state index contributed by atoms with van der Waals surface area (Å²) in [4.78, 5) is 20.5. The van der Waals surface area contributed by atoms with Gasteiger partial charge in [0.15, 0.2) is 0 Å². The Morgan fingerprint density at radius 3 is 2.53 bits per heavy atom. The highest BCUT2D eigenvalue weighted by Crippen LogP contribution is 2.46. The summed E-state index contributed by atoms with van der Waals surface area (Å²) in [6, 6.07) is 19.4. The van der Waals surface area contributed by atoms with Crippen LogP contribution in [0.4, 0.5) is 0 Å². The monoisotopic (exact) mass is 699 g/mol. The third-order valence-electron chi connectivity index (χ3n) is 9.92. The fraction of sp³-hybridized carbons (Fsp3) is 0.421. The van der Waals surface area contributed by atoms with Gasteiger partial charge < -0.3 is 4.74 Å². The Kier molecular flexibility index (Phi) is 9.81. The molecule has 11 heteroatoms. The molecule has 2 aromatic heterocycles. The van der Waals surface area contributed by atoms with Gasteiger partial charge in [-0.1, -0.05) is 67.1 Å². The molecule has 3 heterocycles. The molecule has 0 unspecified atom stereocenters. The first-order valence-corrected chi connectivity index (χ1v) is 19.2. The highest BCUT2D eigenvalue weighted by Gasteiger charge is 2.44. The highest BCUT2D eigenvalue weighted by atomic mass is 32.2. The van der Waals surface area contributed by atoms with E-state index >= 15 is 0 Å². The molecule has 0 amide bonds. The summed E-state index contributed by atoms with van der Waals surface area (Å²) in [7, 11) is -3.76. The maximum Gasteiger partial charge on any atom is 0.312 e. The minimum atomic E-state index is -3.76. The molecule has 6 rings (SSSR count). The number of carbonyl (C=O) groups excluding carboxylic acids is 1. The Morgan fingerprint density at radius 1 is 1.06 bits per heavy atom. The molecule has 0 radical (unpaired) electrons. The normalized spacial score (nSPS) is 17.1. The van der Waals surface area contributed by atoms with Gasteiger partial charge in [0.05, 0.1) is 34.0 Å². The van der Waals surface area contributed by atoms with E-state index in [1.54, 1.807) is 10.4 Å². The number of fused-ring (bicyclic) bond motifs is 2. The summed E-state index contributed by atoms with van der Waals surface area (Å²) in [5, 5.41) is 9.58. The van der Waals surface area contributed by atoms with Crippen LogP contribution in [-0.2, 0) is 45.7 Å². The van der Waals surface area contributed by atoms with Crippen molar-refractivity contribution >= 4 is 38.4 Å². The summed E-state index contributed by atoms with van der Waals surface area (Å²) < 4.78 is 37.8. The number of benzene rings is 3. The minimum absolute atomic E-state index is 0.156. The molecule has 1 aliphatic rings. The van der Waals surface area contributed by atoms with Gasteiger partial charge in [-0.3, -0.25) is 4.79 Å². The second-order valence-electron chi connectivity index (χ2n) is 13.7. The number of sulfonamides is 1. The van der Waals surface area contributed by atoms with E-state index in [-0.39, 0.29) is 25.0 Å². The number of rotatable bonds is 10. The maximum atomic E-state index is 14.2. The lowest BCUT2D eigenvalue weighted by atomic mass is 9.73. The van der Waals surface area contributed by atoms with Crippen molar-refractivity contribution in [1.82, 2.24) is 24.3 Å². The zero-order valence-electron chi connectivity index (χ0n) is 29.4. The van der Waals surface area contributed by atoms with E-state index < -0.39 is 21.4 Å².